The first-order chi connectivity index (χ1) is 9.05. The van der Waals surface area contributed by atoms with Crippen molar-refractivity contribution in [1.29, 1.82) is 0 Å². The molecule has 0 unspecified atom stereocenters. The maximum atomic E-state index is 3.47. The summed E-state index contributed by atoms with van der Waals surface area (Å²) in [6, 6.07) is 0. The fourth-order valence-electron chi connectivity index (χ4n) is 4.18. The number of hydrogen-bond donors (Lipinski definition) is 1. The summed E-state index contributed by atoms with van der Waals surface area (Å²) < 4.78 is 0. The van der Waals surface area contributed by atoms with Gasteiger partial charge in [-0.05, 0) is 63.1 Å². The van der Waals surface area contributed by atoms with Gasteiger partial charge in [0.2, 0.25) is 0 Å². The number of rotatable bonds is 4. The van der Waals surface area contributed by atoms with E-state index in [1.807, 2.05) is 0 Å². The Hall–Kier alpha value is -0.0800. The fraction of sp³-hybridized carbons (Fsp3) is 1.00. The summed E-state index contributed by atoms with van der Waals surface area (Å²) in [6.07, 6.45) is 11.4. The van der Waals surface area contributed by atoms with E-state index in [0.717, 1.165) is 0 Å². The summed E-state index contributed by atoms with van der Waals surface area (Å²) in [5.41, 5.74) is 1.14. The second kappa shape index (κ2) is 6.58. The van der Waals surface area contributed by atoms with Crippen LogP contribution in [0.1, 0.15) is 65.2 Å². The predicted molar refractivity (Wildman–Crippen MR) is 83.5 cm³/mol. The molecule has 0 spiro atoms. The predicted octanol–water partition coefficient (Wildman–Crippen LogP) is 3.67. The first-order valence-corrected chi connectivity index (χ1v) is 8.42. The van der Waals surface area contributed by atoms with Crippen LogP contribution in [0.2, 0.25) is 0 Å². The van der Waals surface area contributed by atoms with E-state index in [0.29, 0.717) is 10.8 Å². The molecular formula is C17H34N2. The Morgan fingerprint density at radius 1 is 0.895 bits per heavy atom. The minimum absolute atomic E-state index is 0.567. The molecule has 0 aromatic heterocycles. The molecule has 0 aromatic carbocycles. The molecule has 0 radical (unpaired) electrons. The van der Waals surface area contributed by atoms with E-state index in [9.17, 15) is 0 Å². The molecule has 2 nitrogen and oxygen atoms in total. The molecule has 0 atom stereocenters. The molecule has 2 rings (SSSR count). The SMILES string of the molecule is CNCC1(CN2CCCC(C)(C)CC2)CCCCC1. The van der Waals surface area contributed by atoms with Gasteiger partial charge in [0.25, 0.3) is 0 Å². The molecule has 1 aliphatic carbocycles. The normalized spacial score (nSPS) is 27.9. The highest BCUT2D eigenvalue weighted by atomic mass is 15.1. The molecule has 2 aliphatic rings. The second-order valence-corrected chi connectivity index (χ2v) is 7.88. The van der Waals surface area contributed by atoms with Gasteiger partial charge in [0.05, 0.1) is 0 Å². The number of nitrogens with zero attached hydrogens (tertiary/aromatic N) is 1. The average molecular weight is 266 g/mol. The third-order valence-corrected chi connectivity index (χ3v) is 5.46. The maximum absolute atomic E-state index is 3.47. The molecule has 1 saturated carbocycles. The summed E-state index contributed by atoms with van der Waals surface area (Å²) in [5, 5.41) is 3.47. The van der Waals surface area contributed by atoms with Crippen LogP contribution in [0.5, 0.6) is 0 Å². The van der Waals surface area contributed by atoms with Crippen molar-refractivity contribution in [2.45, 2.75) is 65.2 Å². The summed E-state index contributed by atoms with van der Waals surface area (Å²) in [4.78, 5) is 2.78. The van der Waals surface area contributed by atoms with Gasteiger partial charge in [-0.15, -0.1) is 0 Å². The minimum atomic E-state index is 0.567. The quantitative estimate of drug-likeness (QED) is 0.835. The Kier molecular flexibility index (Phi) is 5.30. The van der Waals surface area contributed by atoms with Gasteiger partial charge in [-0.3, -0.25) is 0 Å². The van der Waals surface area contributed by atoms with Gasteiger partial charge in [0.15, 0.2) is 0 Å². The van der Waals surface area contributed by atoms with Crippen molar-refractivity contribution in [3.63, 3.8) is 0 Å². The molecule has 0 amide bonds. The van der Waals surface area contributed by atoms with E-state index < -0.39 is 0 Å². The van der Waals surface area contributed by atoms with Crippen molar-refractivity contribution in [3.8, 4) is 0 Å². The first-order valence-electron chi connectivity index (χ1n) is 8.42. The van der Waals surface area contributed by atoms with Crippen molar-refractivity contribution in [2.24, 2.45) is 10.8 Å². The zero-order valence-corrected chi connectivity index (χ0v) is 13.4. The van der Waals surface area contributed by atoms with E-state index >= 15 is 0 Å². The molecule has 1 heterocycles. The standard InChI is InChI=1S/C17H34N2/c1-16(2)8-7-12-19(13-11-16)15-17(14-18-3)9-5-4-6-10-17/h18H,4-15H2,1-3H3. The molecule has 1 saturated heterocycles. The van der Waals surface area contributed by atoms with Crippen LogP contribution >= 0.6 is 0 Å². The zero-order chi connectivity index (χ0) is 13.8. The summed E-state index contributed by atoms with van der Waals surface area (Å²) in [7, 11) is 2.13. The van der Waals surface area contributed by atoms with E-state index in [-0.39, 0.29) is 0 Å². The maximum Gasteiger partial charge on any atom is 0.00501 e. The minimum Gasteiger partial charge on any atom is -0.319 e. The van der Waals surface area contributed by atoms with Gasteiger partial charge in [-0.1, -0.05) is 33.1 Å². The highest BCUT2D eigenvalue weighted by molar-refractivity contribution is 4.89. The summed E-state index contributed by atoms with van der Waals surface area (Å²) >= 11 is 0. The zero-order valence-electron chi connectivity index (χ0n) is 13.4. The van der Waals surface area contributed by atoms with Gasteiger partial charge < -0.3 is 10.2 Å². The monoisotopic (exact) mass is 266 g/mol. The van der Waals surface area contributed by atoms with Gasteiger partial charge >= 0.3 is 0 Å². The fourth-order valence-corrected chi connectivity index (χ4v) is 4.18. The molecule has 1 aliphatic heterocycles. The summed E-state index contributed by atoms with van der Waals surface area (Å²) in [5.74, 6) is 0. The van der Waals surface area contributed by atoms with Gasteiger partial charge in [0, 0.05) is 13.1 Å². The molecule has 0 aromatic rings. The third-order valence-electron chi connectivity index (χ3n) is 5.46. The molecule has 112 valence electrons. The van der Waals surface area contributed by atoms with Crippen LogP contribution < -0.4 is 5.32 Å². The molecule has 1 N–H and O–H groups in total. The lowest BCUT2D eigenvalue weighted by Gasteiger charge is -2.41. The van der Waals surface area contributed by atoms with Crippen LogP contribution in [0.4, 0.5) is 0 Å². The van der Waals surface area contributed by atoms with Crippen molar-refractivity contribution in [3.05, 3.63) is 0 Å². The van der Waals surface area contributed by atoms with E-state index in [4.69, 9.17) is 0 Å². The lowest BCUT2D eigenvalue weighted by molar-refractivity contribution is 0.104. The Morgan fingerprint density at radius 2 is 1.63 bits per heavy atom. The molecule has 19 heavy (non-hydrogen) atoms. The summed E-state index contributed by atoms with van der Waals surface area (Å²) in [6.45, 7) is 10.1. The Morgan fingerprint density at radius 3 is 2.32 bits per heavy atom. The smallest absolute Gasteiger partial charge is 0.00501 e. The first kappa shape index (κ1) is 15.3. The van der Waals surface area contributed by atoms with Gasteiger partial charge in [-0.2, -0.15) is 0 Å². The van der Waals surface area contributed by atoms with E-state index in [1.54, 1.807) is 0 Å². The van der Waals surface area contributed by atoms with Crippen LogP contribution in [-0.4, -0.2) is 38.1 Å². The van der Waals surface area contributed by atoms with Gasteiger partial charge in [0.1, 0.15) is 0 Å². The largest absolute Gasteiger partial charge is 0.319 e. The van der Waals surface area contributed by atoms with Crippen molar-refractivity contribution in [1.82, 2.24) is 10.2 Å². The van der Waals surface area contributed by atoms with E-state index in [2.05, 4.69) is 31.1 Å². The van der Waals surface area contributed by atoms with Crippen LogP contribution in [0.15, 0.2) is 0 Å². The topological polar surface area (TPSA) is 15.3 Å². The highest BCUT2D eigenvalue weighted by Gasteiger charge is 2.34. The van der Waals surface area contributed by atoms with Crippen molar-refractivity contribution in [2.75, 3.05) is 33.2 Å². The molecular weight excluding hydrogens is 232 g/mol. The van der Waals surface area contributed by atoms with Crippen LogP contribution in [0.25, 0.3) is 0 Å². The Bertz CT molecular complexity index is 261. The number of likely N-dealkylation sites (tertiary alicyclic amines) is 1. The average Bonchev–Trinajstić information content (AvgIpc) is 2.52. The molecule has 2 fully saturated rings. The van der Waals surface area contributed by atoms with Crippen molar-refractivity contribution < 1.29 is 0 Å². The third kappa shape index (κ3) is 4.46. The van der Waals surface area contributed by atoms with Crippen LogP contribution in [0, 0.1) is 10.8 Å². The Balaban J connectivity index is 1.93. The number of hydrogen-bond acceptors (Lipinski definition) is 2. The van der Waals surface area contributed by atoms with Crippen LogP contribution in [-0.2, 0) is 0 Å². The molecule has 0 bridgehead atoms. The number of nitrogens with one attached hydrogen (secondary N) is 1. The van der Waals surface area contributed by atoms with Crippen LogP contribution in [0.3, 0.4) is 0 Å². The highest BCUT2D eigenvalue weighted by Crippen LogP contribution is 2.38. The molecule has 2 heteroatoms. The second-order valence-electron chi connectivity index (χ2n) is 7.88. The van der Waals surface area contributed by atoms with Crippen molar-refractivity contribution >= 4 is 0 Å². The lowest BCUT2D eigenvalue weighted by Crippen LogP contribution is -2.45. The van der Waals surface area contributed by atoms with Gasteiger partial charge in [-0.25, -0.2) is 0 Å². The van der Waals surface area contributed by atoms with E-state index in [1.165, 1.54) is 77.5 Å². The Labute approximate surface area is 120 Å². The lowest BCUT2D eigenvalue weighted by atomic mass is 9.73.